The number of amides is 1. The van der Waals surface area contributed by atoms with Crippen molar-refractivity contribution in [2.45, 2.75) is 38.4 Å². The molecule has 0 radical (unpaired) electrons. The number of carbonyl (C=O) groups excluding carboxylic acids is 1. The van der Waals surface area contributed by atoms with Crippen LogP contribution in [0, 0.1) is 12.8 Å². The highest BCUT2D eigenvalue weighted by molar-refractivity contribution is 7.99. The molecule has 1 N–H and O–H groups in total. The van der Waals surface area contributed by atoms with Gasteiger partial charge in [0.1, 0.15) is 0 Å². The number of hydrogen-bond acceptors (Lipinski definition) is 5. The summed E-state index contributed by atoms with van der Waals surface area (Å²) in [6, 6.07) is 16.3. The first-order valence-corrected chi connectivity index (χ1v) is 12.2. The van der Waals surface area contributed by atoms with Gasteiger partial charge in [-0.1, -0.05) is 53.7 Å². The van der Waals surface area contributed by atoms with E-state index in [4.69, 9.17) is 0 Å². The molecule has 168 valence electrons. The molecule has 2 heterocycles. The van der Waals surface area contributed by atoms with Crippen LogP contribution in [0.5, 0.6) is 0 Å². The Balaban J connectivity index is 1.26. The summed E-state index contributed by atoms with van der Waals surface area (Å²) in [6.07, 6.45) is 1.09. The SMILES string of the molecule is CCn1c(=O)c(SCC(=O)NC[C@@H]2CCN(Cc3ccc(C)cc3)C2)nc2ccccc21. The average Bonchev–Trinajstić information content (AvgIpc) is 3.25. The molecule has 1 saturated heterocycles. The Morgan fingerprint density at radius 2 is 1.97 bits per heavy atom. The standard InChI is InChI=1S/C25H30N4O2S/c1-3-29-22-7-5-4-6-21(22)27-24(25(29)31)32-17-23(30)26-14-20-12-13-28(16-20)15-19-10-8-18(2)9-11-19/h4-11,20H,3,12-17H2,1-2H3,(H,26,30)/t20-/m0/s1. The molecule has 32 heavy (non-hydrogen) atoms. The van der Waals surface area contributed by atoms with E-state index in [1.807, 2.05) is 31.2 Å². The van der Waals surface area contributed by atoms with Crippen LogP contribution in [0.15, 0.2) is 58.4 Å². The first kappa shape index (κ1) is 22.6. The molecule has 1 aliphatic heterocycles. The molecule has 4 rings (SSSR count). The maximum absolute atomic E-state index is 12.7. The lowest BCUT2D eigenvalue weighted by Gasteiger charge is -2.16. The predicted molar refractivity (Wildman–Crippen MR) is 130 cm³/mol. The van der Waals surface area contributed by atoms with Gasteiger partial charge in [0.15, 0.2) is 5.03 Å². The van der Waals surface area contributed by atoms with Gasteiger partial charge in [-0.05, 0) is 50.4 Å². The molecule has 6 nitrogen and oxygen atoms in total. The van der Waals surface area contributed by atoms with E-state index < -0.39 is 0 Å². The Morgan fingerprint density at radius 3 is 2.75 bits per heavy atom. The summed E-state index contributed by atoms with van der Waals surface area (Å²) in [5, 5.41) is 3.43. The number of hydrogen-bond donors (Lipinski definition) is 1. The third-order valence-electron chi connectivity index (χ3n) is 5.96. The highest BCUT2D eigenvalue weighted by Gasteiger charge is 2.23. The topological polar surface area (TPSA) is 67.2 Å². The fourth-order valence-corrected chi connectivity index (χ4v) is 4.96. The van der Waals surface area contributed by atoms with Crippen LogP contribution in [0.25, 0.3) is 11.0 Å². The van der Waals surface area contributed by atoms with Gasteiger partial charge in [0.05, 0.1) is 16.8 Å². The van der Waals surface area contributed by atoms with E-state index in [2.05, 4.69) is 46.4 Å². The Labute approximate surface area is 193 Å². The van der Waals surface area contributed by atoms with Crippen LogP contribution in [0.2, 0.25) is 0 Å². The summed E-state index contributed by atoms with van der Waals surface area (Å²) in [4.78, 5) is 32.1. The fourth-order valence-electron chi connectivity index (χ4n) is 4.19. The first-order valence-electron chi connectivity index (χ1n) is 11.2. The number of fused-ring (bicyclic) bond motifs is 1. The first-order chi connectivity index (χ1) is 15.5. The van der Waals surface area contributed by atoms with Crippen molar-refractivity contribution in [3.05, 3.63) is 70.0 Å². The maximum Gasteiger partial charge on any atom is 0.283 e. The van der Waals surface area contributed by atoms with Gasteiger partial charge in [-0.15, -0.1) is 0 Å². The van der Waals surface area contributed by atoms with Crippen molar-refractivity contribution in [1.82, 2.24) is 19.8 Å². The molecule has 1 atom stereocenters. The van der Waals surface area contributed by atoms with E-state index in [9.17, 15) is 9.59 Å². The summed E-state index contributed by atoms with van der Waals surface area (Å²) in [5.41, 5.74) is 4.08. The maximum atomic E-state index is 12.7. The number of nitrogens with zero attached hydrogens (tertiary/aromatic N) is 3. The lowest BCUT2D eigenvalue weighted by Crippen LogP contribution is -2.32. The number of likely N-dealkylation sites (tertiary alicyclic amines) is 1. The molecule has 2 aromatic carbocycles. The smallest absolute Gasteiger partial charge is 0.283 e. The summed E-state index contributed by atoms with van der Waals surface area (Å²) >= 11 is 1.22. The van der Waals surface area contributed by atoms with Crippen molar-refractivity contribution in [2.75, 3.05) is 25.4 Å². The Morgan fingerprint density at radius 1 is 1.19 bits per heavy atom. The third-order valence-corrected chi connectivity index (χ3v) is 6.91. The number of aromatic nitrogens is 2. The quantitative estimate of drug-likeness (QED) is 0.533. The van der Waals surface area contributed by atoms with E-state index >= 15 is 0 Å². The molecule has 7 heteroatoms. The molecule has 0 aliphatic carbocycles. The molecule has 1 fully saturated rings. The van der Waals surface area contributed by atoms with Gasteiger partial charge in [-0.3, -0.25) is 14.5 Å². The van der Waals surface area contributed by atoms with Crippen molar-refractivity contribution in [2.24, 2.45) is 5.92 Å². The second-order valence-corrected chi connectivity index (χ2v) is 9.39. The highest BCUT2D eigenvalue weighted by Crippen LogP contribution is 2.19. The fraction of sp³-hybridized carbons (Fsp3) is 0.400. The van der Waals surface area contributed by atoms with Crippen molar-refractivity contribution in [3.63, 3.8) is 0 Å². The predicted octanol–water partition coefficient (Wildman–Crippen LogP) is 3.46. The number of nitrogens with one attached hydrogen (secondary N) is 1. The molecule has 1 aliphatic rings. The van der Waals surface area contributed by atoms with E-state index in [1.165, 1.54) is 22.9 Å². The lowest BCUT2D eigenvalue weighted by molar-refractivity contribution is -0.118. The van der Waals surface area contributed by atoms with Gasteiger partial charge >= 0.3 is 0 Å². The van der Waals surface area contributed by atoms with Crippen LogP contribution >= 0.6 is 11.8 Å². The number of thioether (sulfide) groups is 1. The Bertz CT molecular complexity index is 1140. The van der Waals surface area contributed by atoms with Gasteiger partial charge in [-0.2, -0.15) is 0 Å². The summed E-state index contributed by atoms with van der Waals surface area (Å²) < 4.78 is 1.71. The van der Waals surface area contributed by atoms with Gasteiger partial charge in [0.2, 0.25) is 5.91 Å². The van der Waals surface area contributed by atoms with Crippen LogP contribution in [0.1, 0.15) is 24.5 Å². The van der Waals surface area contributed by atoms with Crippen molar-refractivity contribution < 1.29 is 4.79 Å². The Hall–Kier alpha value is -2.64. The molecule has 0 bridgehead atoms. The monoisotopic (exact) mass is 450 g/mol. The highest BCUT2D eigenvalue weighted by atomic mass is 32.2. The minimum absolute atomic E-state index is 0.0515. The van der Waals surface area contributed by atoms with Crippen LogP contribution in [0.3, 0.4) is 0 Å². The van der Waals surface area contributed by atoms with Gasteiger partial charge in [-0.25, -0.2) is 4.98 Å². The zero-order valence-electron chi connectivity index (χ0n) is 18.7. The van der Waals surface area contributed by atoms with E-state index in [-0.39, 0.29) is 17.2 Å². The molecule has 3 aromatic rings. The van der Waals surface area contributed by atoms with Gasteiger partial charge < -0.3 is 9.88 Å². The van der Waals surface area contributed by atoms with Gasteiger partial charge in [0.25, 0.3) is 5.56 Å². The second-order valence-electron chi connectivity index (χ2n) is 8.42. The minimum Gasteiger partial charge on any atom is -0.355 e. The molecular formula is C25H30N4O2S. The summed E-state index contributed by atoms with van der Waals surface area (Å²) in [7, 11) is 0. The number of rotatable bonds is 8. The largest absolute Gasteiger partial charge is 0.355 e. The van der Waals surface area contributed by atoms with Crippen molar-refractivity contribution >= 4 is 28.7 Å². The van der Waals surface area contributed by atoms with Crippen LogP contribution in [-0.2, 0) is 17.9 Å². The summed E-state index contributed by atoms with van der Waals surface area (Å²) in [5.74, 6) is 0.610. The lowest BCUT2D eigenvalue weighted by atomic mass is 10.1. The van der Waals surface area contributed by atoms with Crippen molar-refractivity contribution in [1.29, 1.82) is 0 Å². The third kappa shape index (κ3) is 5.40. The number of carbonyl (C=O) groups is 1. The average molecular weight is 451 g/mol. The van der Waals surface area contributed by atoms with E-state index in [0.29, 0.717) is 24.0 Å². The number of para-hydroxylation sites is 2. The summed E-state index contributed by atoms with van der Waals surface area (Å²) in [6.45, 7) is 8.30. The second kappa shape index (κ2) is 10.3. The normalized spacial score (nSPS) is 16.5. The van der Waals surface area contributed by atoms with Crippen LogP contribution in [0.4, 0.5) is 0 Å². The van der Waals surface area contributed by atoms with E-state index in [0.717, 1.165) is 37.1 Å². The van der Waals surface area contributed by atoms with Crippen molar-refractivity contribution in [3.8, 4) is 0 Å². The number of aryl methyl sites for hydroxylation is 2. The van der Waals surface area contributed by atoms with Gasteiger partial charge in [0, 0.05) is 26.2 Å². The molecule has 0 spiro atoms. The zero-order valence-corrected chi connectivity index (χ0v) is 19.5. The Kier molecular flexibility index (Phi) is 7.27. The molecular weight excluding hydrogens is 420 g/mol. The molecule has 0 saturated carbocycles. The minimum atomic E-state index is -0.133. The molecule has 1 aromatic heterocycles. The van der Waals surface area contributed by atoms with Crippen LogP contribution in [-0.4, -0.2) is 45.7 Å². The number of benzene rings is 2. The van der Waals surface area contributed by atoms with E-state index in [1.54, 1.807) is 4.57 Å². The molecule has 0 unspecified atom stereocenters. The molecule has 1 amide bonds. The zero-order chi connectivity index (χ0) is 22.5. The van der Waals surface area contributed by atoms with Crippen LogP contribution < -0.4 is 10.9 Å².